The standard InChI is InChI=1S/C9H11N5O3/c1-6-3-10-7(17-6)4-11-8-9(14(15)16)12-5-13(8)2/h3,5,11H,4H2,1-2H3. The first kappa shape index (κ1) is 11.1. The molecule has 0 aliphatic carbocycles. The molecule has 8 nitrogen and oxygen atoms in total. The van der Waals surface area contributed by atoms with Crippen LogP contribution in [0.5, 0.6) is 0 Å². The summed E-state index contributed by atoms with van der Waals surface area (Å²) in [5.41, 5.74) is 0. The van der Waals surface area contributed by atoms with Crippen molar-refractivity contribution in [3.8, 4) is 0 Å². The number of hydrogen-bond donors (Lipinski definition) is 1. The zero-order valence-electron chi connectivity index (χ0n) is 9.38. The van der Waals surface area contributed by atoms with E-state index in [1.54, 1.807) is 20.2 Å². The lowest BCUT2D eigenvalue weighted by atomic mass is 10.5. The first-order chi connectivity index (χ1) is 8.08. The van der Waals surface area contributed by atoms with Crippen molar-refractivity contribution >= 4 is 11.6 Å². The van der Waals surface area contributed by atoms with Gasteiger partial charge in [-0.15, -0.1) is 0 Å². The number of nitrogens with one attached hydrogen (secondary N) is 1. The molecule has 0 saturated heterocycles. The zero-order chi connectivity index (χ0) is 12.4. The van der Waals surface area contributed by atoms with Crippen LogP contribution >= 0.6 is 0 Å². The highest BCUT2D eigenvalue weighted by Crippen LogP contribution is 2.21. The van der Waals surface area contributed by atoms with E-state index in [1.165, 1.54) is 10.9 Å². The lowest BCUT2D eigenvalue weighted by molar-refractivity contribution is -0.388. The summed E-state index contributed by atoms with van der Waals surface area (Å²) in [6.07, 6.45) is 2.97. The van der Waals surface area contributed by atoms with Crippen molar-refractivity contribution in [2.45, 2.75) is 13.5 Å². The van der Waals surface area contributed by atoms with E-state index in [4.69, 9.17) is 4.42 Å². The summed E-state index contributed by atoms with van der Waals surface area (Å²) in [4.78, 5) is 17.8. The van der Waals surface area contributed by atoms with Crippen molar-refractivity contribution in [2.24, 2.45) is 7.05 Å². The third kappa shape index (κ3) is 2.25. The van der Waals surface area contributed by atoms with Gasteiger partial charge >= 0.3 is 5.82 Å². The van der Waals surface area contributed by atoms with Crippen LogP contribution in [-0.2, 0) is 13.6 Å². The number of anilines is 1. The molecule has 1 N–H and O–H groups in total. The van der Waals surface area contributed by atoms with E-state index in [0.717, 1.165) is 0 Å². The summed E-state index contributed by atoms with van der Waals surface area (Å²) in [6.45, 7) is 2.05. The van der Waals surface area contributed by atoms with Crippen LogP contribution in [0.4, 0.5) is 11.6 Å². The highest BCUT2D eigenvalue weighted by atomic mass is 16.6. The number of oxazole rings is 1. The molecule has 2 rings (SSSR count). The molecule has 90 valence electrons. The molecule has 0 saturated carbocycles. The van der Waals surface area contributed by atoms with Crippen LogP contribution < -0.4 is 5.32 Å². The summed E-state index contributed by atoms with van der Waals surface area (Å²) in [5, 5.41) is 13.6. The Kier molecular flexibility index (Phi) is 2.77. The van der Waals surface area contributed by atoms with Crippen LogP contribution in [0.15, 0.2) is 16.9 Å². The Morgan fingerprint density at radius 2 is 2.35 bits per heavy atom. The molecule has 2 aromatic heterocycles. The Morgan fingerprint density at radius 1 is 1.59 bits per heavy atom. The topological polar surface area (TPSA) is 99.0 Å². The molecule has 0 radical (unpaired) electrons. The second-order valence-electron chi connectivity index (χ2n) is 3.50. The largest absolute Gasteiger partial charge is 0.444 e. The van der Waals surface area contributed by atoms with Crippen LogP contribution in [0.3, 0.4) is 0 Å². The predicted octanol–water partition coefficient (Wildman–Crippen LogP) is 1.24. The number of aryl methyl sites for hydroxylation is 2. The number of aromatic nitrogens is 3. The molecule has 8 heteroatoms. The lowest BCUT2D eigenvalue weighted by Crippen LogP contribution is -2.05. The number of nitrogens with zero attached hydrogens (tertiary/aromatic N) is 4. The first-order valence-electron chi connectivity index (χ1n) is 4.89. The number of nitro groups is 1. The van der Waals surface area contributed by atoms with Gasteiger partial charge in [0.1, 0.15) is 5.76 Å². The molecule has 2 heterocycles. The zero-order valence-corrected chi connectivity index (χ0v) is 9.38. The van der Waals surface area contributed by atoms with Crippen LogP contribution in [0, 0.1) is 17.0 Å². The van der Waals surface area contributed by atoms with Crippen LogP contribution in [0.2, 0.25) is 0 Å². The molecular weight excluding hydrogens is 226 g/mol. The van der Waals surface area contributed by atoms with E-state index in [0.29, 0.717) is 17.5 Å². The molecule has 0 aliphatic heterocycles. The molecule has 0 bridgehead atoms. The highest BCUT2D eigenvalue weighted by Gasteiger charge is 2.19. The normalized spacial score (nSPS) is 10.5. The van der Waals surface area contributed by atoms with Crippen LogP contribution in [-0.4, -0.2) is 19.5 Å². The van der Waals surface area contributed by atoms with E-state index in [-0.39, 0.29) is 12.4 Å². The summed E-state index contributed by atoms with van der Waals surface area (Å²) in [5.74, 6) is 1.28. The van der Waals surface area contributed by atoms with E-state index in [9.17, 15) is 10.1 Å². The van der Waals surface area contributed by atoms with Crippen LogP contribution in [0.1, 0.15) is 11.7 Å². The Balaban J connectivity index is 2.13. The predicted molar refractivity (Wildman–Crippen MR) is 58.4 cm³/mol. The quantitative estimate of drug-likeness (QED) is 0.634. The van der Waals surface area contributed by atoms with Gasteiger partial charge in [0.25, 0.3) is 0 Å². The summed E-state index contributed by atoms with van der Waals surface area (Å²) >= 11 is 0. The maximum absolute atomic E-state index is 10.7. The van der Waals surface area contributed by atoms with Gasteiger partial charge in [-0.05, 0) is 16.8 Å². The third-order valence-electron chi connectivity index (χ3n) is 2.17. The van der Waals surface area contributed by atoms with Gasteiger partial charge < -0.3 is 19.8 Å². The van der Waals surface area contributed by atoms with Crippen molar-refractivity contribution in [1.82, 2.24) is 14.5 Å². The maximum atomic E-state index is 10.7. The fourth-order valence-corrected chi connectivity index (χ4v) is 1.40. The average Bonchev–Trinajstić information content (AvgIpc) is 2.82. The number of imidazole rings is 1. The molecule has 0 unspecified atom stereocenters. The average molecular weight is 237 g/mol. The Morgan fingerprint density at radius 3 is 2.94 bits per heavy atom. The fourth-order valence-electron chi connectivity index (χ4n) is 1.40. The van der Waals surface area contributed by atoms with E-state index >= 15 is 0 Å². The smallest absolute Gasteiger partial charge is 0.406 e. The van der Waals surface area contributed by atoms with Gasteiger partial charge in [-0.1, -0.05) is 0 Å². The molecule has 0 amide bonds. The molecule has 2 aromatic rings. The lowest BCUT2D eigenvalue weighted by Gasteiger charge is -2.03. The molecule has 0 atom stereocenters. The summed E-state index contributed by atoms with van der Waals surface area (Å²) in [6, 6.07) is 0. The van der Waals surface area contributed by atoms with Gasteiger partial charge in [0.2, 0.25) is 18.0 Å². The van der Waals surface area contributed by atoms with Gasteiger partial charge in [-0.25, -0.2) is 4.98 Å². The van der Waals surface area contributed by atoms with E-state index in [2.05, 4.69) is 15.3 Å². The number of rotatable bonds is 4. The fraction of sp³-hybridized carbons (Fsp3) is 0.333. The second kappa shape index (κ2) is 4.24. The third-order valence-corrected chi connectivity index (χ3v) is 2.17. The molecule has 17 heavy (non-hydrogen) atoms. The molecular formula is C9H11N5O3. The highest BCUT2D eigenvalue weighted by molar-refractivity contribution is 5.51. The molecule has 0 aliphatic rings. The van der Waals surface area contributed by atoms with Gasteiger partial charge in [-0.2, -0.15) is 0 Å². The summed E-state index contributed by atoms with van der Waals surface area (Å²) in [7, 11) is 1.67. The Labute approximate surface area is 96.4 Å². The van der Waals surface area contributed by atoms with Crippen molar-refractivity contribution in [1.29, 1.82) is 0 Å². The van der Waals surface area contributed by atoms with Crippen LogP contribution in [0.25, 0.3) is 0 Å². The Bertz CT molecular complexity index is 545. The van der Waals surface area contributed by atoms with Crippen molar-refractivity contribution in [3.63, 3.8) is 0 Å². The van der Waals surface area contributed by atoms with Crippen molar-refractivity contribution < 1.29 is 9.34 Å². The van der Waals surface area contributed by atoms with Gasteiger partial charge in [-0.3, -0.25) is 4.57 Å². The van der Waals surface area contributed by atoms with Gasteiger partial charge in [0, 0.05) is 7.05 Å². The van der Waals surface area contributed by atoms with E-state index < -0.39 is 4.92 Å². The number of hydrogen-bond acceptors (Lipinski definition) is 6. The van der Waals surface area contributed by atoms with Gasteiger partial charge in [0.05, 0.1) is 12.7 Å². The maximum Gasteiger partial charge on any atom is 0.406 e. The minimum atomic E-state index is -0.539. The SMILES string of the molecule is Cc1cnc(CNc2c([N+](=O)[O-])ncn2C)o1. The molecule has 0 fully saturated rings. The Hall–Kier alpha value is -2.38. The minimum absolute atomic E-state index is 0.212. The molecule has 0 aromatic carbocycles. The van der Waals surface area contributed by atoms with Crippen molar-refractivity contribution in [2.75, 3.05) is 5.32 Å². The van der Waals surface area contributed by atoms with Crippen molar-refractivity contribution in [3.05, 3.63) is 34.3 Å². The minimum Gasteiger partial charge on any atom is -0.444 e. The van der Waals surface area contributed by atoms with E-state index in [1.807, 2.05) is 0 Å². The second-order valence-corrected chi connectivity index (χ2v) is 3.50. The monoisotopic (exact) mass is 237 g/mol. The van der Waals surface area contributed by atoms with Gasteiger partial charge in [0.15, 0.2) is 0 Å². The molecule has 0 spiro atoms. The summed E-state index contributed by atoms with van der Waals surface area (Å²) < 4.78 is 6.78. The first-order valence-corrected chi connectivity index (χ1v) is 4.89.